The van der Waals surface area contributed by atoms with Gasteiger partial charge in [-0.1, -0.05) is 35.9 Å². The van der Waals surface area contributed by atoms with Gasteiger partial charge in [0.2, 0.25) is 0 Å². The van der Waals surface area contributed by atoms with Crippen molar-refractivity contribution >= 4 is 49.5 Å². The molecule has 6 nitrogen and oxygen atoms in total. The summed E-state index contributed by atoms with van der Waals surface area (Å²) in [6, 6.07) is 11.4. The van der Waals surface area contributed by atoms with Crippen molar-refractivity contribution in [2.75, 3.05) is 0 Å². The number of imidazole rings is 1. The predicted molar refractivity (Wildman–Crippen MR) is 106 cm³/mol. The van der Waals surface area contributed by atoms with Gasteiger partial charge in [0.25, 0.3) is 5.56 Å². The average Bonchev–Trinajstić information content (AvgIpc) is 2.92. The summed E-state index contributed by atoms with van der Waals surface area (Å²) in [4.78, 5) is 29.8. The summed E-state index contributed by atoms with van der Waals surface area (Å²) < 4.78 is 4.74. The minimum absolute atomic E-state index is 0.173. The third-order valence-corrected chi connectivity index (χ3v) is 5.58. The lowest BCUT2D eigenvalue weighted by atomic mass is 10.1. The van der Waals surface area contributed by atoms with Gasteiger partial charge in [0.05, 0.1) is 6.54 Å². The van der Waals surface area contributed by atoms with Crippen molar-refractivity contribution in [1.29, 1.82) is 0 Å². The molecule has 0 aliphatic rings. The van der Waals surface area contributed by atoms with Crippen LogP contribution < -0.4 is 11.2 Å². The zero-order chi connectivity index (χ0) is 18.6. The van der Waals surface area contributed by atoms with Gasteiger partial charge < -0.3 is 4.57 Å². The first-order valence-corrected chi connectivity index (χ1v) is 9.04. The fraction of sp³-hybridized carbons (Fsp3) is 0.167. The lowest BCUT2D eigenvalue weighted by molar-refractivity contribution is 0.655. The van der Waals surface area contributed by atoms with Crippen molar-refractivity contribution in [3.05, 3.63) is 72.6 Å². The average molecular weight is 434 g/mol. The zero-order valence-electron chi connectivity index (χ0n) is 14.0. The molecule has 2 heterocycles. The van der Waals surface area contributed by atoms with E-state index in [-0.39, 0.29) is 12.1 Å². The van der Waals surface area contributed by atoms with Gasteiger partial charge >= 0.3 is 5.69 Å². The third kappa shape index (κ3) is 2.50. The topological polar surface area (TPSA) is 61.8 Å². The quantitative estimate of drug-likeness (QED) is 0.457. The Balaban J connectivity index is 1.92. The molecule has 132 valence electrons. The molecule has 0 aliphatic carbocycles. The van der Waals surface area contributed by atoms with Gasteiger partial charge in [0, 0.05) is 24.5 Å². The van der Waals surface area contributed by atoms with E-state index in [0.29, 0.717) is 20.9 Å². The van der Waals surface area contributed by atoms with Crippen LogP contribution in [0.1, 0.15) is 5.56 Å². The summed E-state index contributed by atoms with van der Waals surface area (Å²) >= 11 is 9.51. The molecule has 2 aromatic carbocycles. The first-order chi connectivity index (χ1) is 12.4. The van der Waals surface area contributed by atoms with Crippen LogP contribution in [0.2, 0.25) is 5.02 Å². The van der Waals surface area contributed by atoms with Crippen LogP contribution in [0, 0.1) is 0 Å². The monoisotopic (exact) mass is 432 g/mol. The van der Waals surface area contributed by atoms with Crippen LogP contribution in [0.25, 0.3) is 21.9 Å². The van der Waals surface area contributed by atoms with E-state index >= 15 is 0 Å². The van der Waals surface area contributed by atoms with Gasteiger partial charge in [-0.15, -0.1) is 0 Å². The van der Waals surface area contributed by atoms with Crippen molar-refractivity contribution < 1.29 is 0 Å². The zero-order valence-corrected chi connectivity index (χ0v) is 16.4. The fourth-order valence-corrected chi connectivity index (χ4v) is 3.72. The van der Waals surface area contributed by atoms with E-state index < -0.39 is 5.69 Å². The molecule has 4 rings (SSSR count). The number of fused-ring (bicyclic) bond motifs is 2. The Labute approximate surface area is 161 Å². The van der Waals surface area contributed by atoms with E-state index in [9.17, 15) is 9.59 Å². The van der Waals surface area contributed by atoms with E-state index in [1.54, 1.807) is 18.7 Å². The number of hydrogen-bond acceptors (Lipinski definition) is 3. The minimum Gasteiger partial charge on any atom is -0.316 e. The lowest BCUT2D eigenvalue weighted by Crippen LogP contribution is -2.39. The van der Waals surface area contributed by atoms with Gasteiger partial charge in [-0.2, -0.15) is 0 Å². The summed E-state index contributed by atoms with van der Waals surface area (Å²) in [5.74, 6) is 0. The van der Waals surface area contributed by atoms with Crippen LogP contribution in [0.3, 0.4) is 0 Å². The Hall–Kier alpha value is -2.38. The highest BCUT2D eigenvalue weighted by Gasteiger charge is 2.17. The number of hydrogen-bond donors (Lipinski definition) is 0. The number of benzene rings is 2. The Morgan fingerprint density at radius 1 is 1.12 bits per heavy atom. The van der Waals surface area contributed by atoms with Crippen LogP contribution >= 0.6 is 27.5 Å². The third-order valence-electron chi connectivity index (χ3n) is 4.54. The standard InChI is InChI=1S/C18H14BrClN4O2/c1-22-14-15(21-17(22)19)23(2)18(26)24(16(14)25)9-10-6-7-12-11(8-10)4-3-5-13(12)20/h3-8H,9H2,1-2H3. The minimum atomic E-state index is -0.403. The van der Waals surface area contributed by atoms with Crippen molar-refractivity contribution in [2.45, 2.75) is 6.54 Å². The SMILES string of the molecule is Cn1c(Br)nc2c1c(=O)n(Cc1ccc3c(Cl)cccc3c1)c(=O)n2C. The highest BCUT2D eigenvalue weighted by molar-refractivity contribution is 9.10. The number of halogens is 2. The Bertz CT molecular complexity index is 1300. The van der Waals surface area contributed by atoms with Gasteiger partial charge in [0.1, 0.15) is 0 Å². The molecular formula is C18H14BrClN4O2. The van der Waals surface area contributed by atoms with E-state index in [1.807, 2.05) is 36.4 Å². The number of aryl methyl sites for hydroxylation is 2. The Morgan fingerprint density at radius 2 is 1.88 bits per heavy atom. The number of aromatic nitrogens is 4. The molecule has 0 aliphatic heterocycles. The maximum atomic E-state index is 12.9. The summed E-state index contributed by atoms with van der Waals surface area (Å²) in [7, 11) is 3.34. The first kappa shape index (κ1) is 17.1. The molecule has 0 saturated carbocycles. The van der Waals surface area contributed by atoms with Gasteiger partial charge in [-0.05, 0) is 39.0 Å². The van der Waals surface area contributed by atoms with Gasteiger partial charge in [-0.3, -0.25) is 13.9 Å². The molecule has 0 amide bonds. The number of rotatable bonds is 2. The second-order valence-corrected chi connectivity index (χ2v) is 7.26. The lowest BCUT2D eigenvalue weighted by Gasteiger charge is -2.10. The van der Waals surface area contributed by atoms with Crippen molar-refractivity contribution in [1.82, 2.24) is 18.7 Å². The molecule has 0 fully saturated rings. The predicted octanol–water partition coefficient (Wildman–Crippen LogP) is 3.05. The second-order valence-electron chi connectivity index (χ2n) is 6.14. The molecule has 4 aromatic rings. The largest absolute Gasteiger partial charge is 0.332 e. The molecule has 26 heavy (non-hydrogen) atoms. The molecule has 0 atom stereocenters. The van der Waals surface area contributed by atoms with Crippen LogP contribution in [0.15, 0.2) is 50.7 Å². The van der Waals surface area contributed by atoms with Crippen LogP contribution in [-0.4, -0.2) is 18.7 Å². The molecule has 8 heteroatoms. The van der Waals surface area contributed by atoms with Crippen LogP contribution in [-0.2, 0) is 20.6 Å². The first-order valence-electron chi connectivity index (χ1n) is 7.87. The van der Waals surface area contributed by atoms with Crippen molar-refractivity contribution in [2.24, 2.45) is 14.1 Å². The molecule has 0 N–H and O–H groups in total. The maximum Gasteiger partial charge on any atom is 0.332 e. The van der Waals surface area contributed by atoms with Crippen LogP contribution in [0.4, 0.5) is 0 Å². The molecule has 0 spiro atoms. The fourth-order valence-electron chi connectivity index (χ4n) is 3.13. The molecule has 0 radical (unpaired) electrons. The molecule has 0 unspecified atom stereocenters. The number of nitrogens with zero attached hydrogens (tertiary/aromatic N) is 4. The summed E-state index contributed by atoms with van der Waals surface area (Å²) in [5.41, 5.74) is 0.813. The van der Waals surface area contributed by atoms with E-state index in [1.165, 1.54) is 9.13 Å². The highest BCUT2D eigenvalue weighted by Crippen LogP contribution is 2.24. The summed E-state index contributed by atoms with van der Waals surface area (Å²) in [6.45, 7) is 0.173. The molecule has 2 aromatic heterocycles. The van der Waals surface area contributed by atoms with E-state index in [0.717, 1.165) is 16.3 Å². The molecule has 0 saturated heterocycles. The van der Waals surface area contributed by atoms with E-state index in [4.69, 9.17) is 11.6 Å². The summed E-state index contributed by atoms with van der Waals surface area (Å²) in [6.07, 6.45) is 0. The van der Waals surface area contributed by atoms with Crippen LogP contribution in [0.5, 0.6) is 0 Å². The van der Waals surface area contributed by atoms with E-state index in [2.05, 4.69) is 20.9 Å². The second kappa shape index (κ2) is 6.10. The van der Waals surface area contributed by atoms with Gasteiger partial charge in [0.15, 0.2) is 15.9 Å². The smallest absolute Gasteiger partial charge is 0.316 e. The Morgan fingerprint density at radius 3 is 2.65 bits per heavy atom. The highest BCUT2D eigenvalue weighted by atomic mass is 79.9. The van der Waals surface area contributed by atoms with Gasteiger partial charge in [-0.25, -0.2) is 9.78 Å². The molecular weight excluding hydrogens is 420 g/mol. The van der Waals surface area contributed by atoms with Crippen molar-refractivity contribution in [3.8, 4) is 0 Å². The molecule has 0 bridgehead atoms. The Kier molecular flexibility index (Phi) is 4.00. The van der Waals surface area contributed by atoms with Crippen molar-refractivity contribution in [3.63, 3.8) is 0 Å². The normalized spacial score (nSPS) is 11.5. The summed E-state index contributed by atoms with van der Waals surface area (Å²) in [5, 5.41) is 2.57. The maximum absolute atomic E-state index is 12.9.